The Morgan fingerprint density at radius 1 is 0.202 bits per heavy atom. The summed E-state index contributed by atoms with van der Waals surface area (Å²) < 4.78 is 18.0. The molecular weight excluding hydrogens is 1270 g/mol. The van der Waals surface area contributed by atoms with Crippen LogP contribution in [0, 0.1) is 0 Å². The zero-order valence-corrected chi connectivity index (χ0v) is 55.5. The summed E-state index contributed by atoms with van der Waals surface area (Å²) in [5.41, 5.74) is 28.7. The molecule has 0 radical (unpaired) electrons. The lowest BCUT2D eigenvalue weighted by molar-refractivity contribution is 0.669. The molecule has 104 heavy (non-hydrogen) atoms. The average Bonchev–Trinajstić information content (AvgIpc) is 1.53. The van der Waals surface area contributed by atoms with Crippen molar-refractivity contribution in [3.8, 4) is 39.3 Å². The molecule has 10 heterocycles. The second kappa shape index (κ2) is 20.7. The van der Waals surface area contributed by atoms with E-state index in [1.165, 1.54) is 92.5 Å². The van der Waals surface area contributed by atoms with E-state index in [2.05, 4.69) is 308 Å². The molecule has 10 heteroatoms. The van der Waals surface area contributed by atoms with Crippen LogP contribution in [0.2, 0.25) is 0 Å². The summed E-state index contributed by atoms with van der Waals surface area (Å²) in [7, 11) is 0. The zero-order chi connectivity index (χ0) is 67.6. The topological polar surface area (TPSA) is 88.3 Å². The Morgan fingerprint density at radius 2 is 0.538 bits per heavy atom. The van der Waals surface area contributed by atoms with Crippen LogP contribution < -0.4 is 0 Å². The van der Waals surface area contributed by atoms with Gasteiger partial charge in [0.1, 0.15) is 22.2 Å². The molecule has 0 atom stereocenters. The van der Waals surface area contributed by atoms with E-state index in [0.717, 1.165) is 133 Å². The van der Waals surface area contributed by atoms with E-state index in [-0.39, 0.29) is 0 Å². The molecule has 25 aromatic rings. The number of fused-ring (bicyclic) bond motifs is 26. The van der Waals surface area contributed by atoms with Gasteiger partial charge in [-0.05, 0) is 180 Å². The fourth-order valence-corrected chi connectivity index (χ4v) is 17.6. The van der Waals surface area contributed by atoms with Crippen molar-refractivity contribution in [2.75, 3.05) is 0 Å². The van der Waals surface area contributed by atoms with Crippen molar-refractivity contribution in [2.45, 2.75) is 0 Å². The van der Waals surface area contributed by atoms with E-state index < -0.39 is 0 Å². The maximum atomic E-state index is 6.19. The number of para-hydroxylation sites is 11. The highest BCUT2D eigenvalue weighted by atomic mass is 16.3. The minimum Gasteiger partial charge on any atom is -0.456 e. The van der Waals surface area contributed by atoms with Gasteiger partial charge < -0.3 is 18.1 Å². The van der Waals surface area contributed by atoms with Gasteiger partial charge in [0.2, 0.25) is 0 Å². The molecule has 10 aromatic heterocycles. The van der Waals surface area contributed by atoms with E-state index in [9.17, 15) is 0 Å². The Hall–Kier alpha value is -14.2. The quantitative estimate of drug-likeness (QED) is 0.171. The highest BCUT2D eigenvalue weighted by Gasteiger charge is 2.27. The molecule has 0 N–H and O–H groups in total. The van der Waals surface area contributed by atoms with E-state index in [1.54, 1.807) is 0 Å². The van der Waals surface area contributed by atoms with Gasteiger partial charge in [-0.15, -0.1) is 0 Å². The summed E-state index contributed by atoms with van der Waals surface area (Å²) in [5.74, 6) is 0. The number of hydrogen-bond donors (Lipinski definition) is 0. The van der Waals surface area contributed by atoms with Gasteiger partial charge in [-0.2, -0.15) is 0 Å². The third kappa shape index (κ3) is 7.66. The molecule has 0 amide bonds. The van der Waals surface area contributed by atoms with Gasteiger partial charge in [0.15, 0.2) is 11.3 Å². The summed E-state index contributed by atoms with van der Waals surface area (Å²) in [6, 6.07) is 115. The minimum atomic E-state index is 0.879. The Labute approximate surface area is 590 Å². The summed E-state index contributed by atoms with van der Waals surface area (Å²) >= 11 is 0. The van der Waals surface area contributed by atoms with E-state index in [4.69, 9.17) is 24.4 Å². The summed E-state index contributed by atoms with van der Waals surface area (Å²) in [6.45, 7) is 0. The van der Waals surface area contributed by atoms with E-state index >= 15 is 0 Å². The van der Waals surface area contributed by atoms with Crippen LogP contribution in [0.25, 0.3) is 225 Å². The smallest absolute Gasteiger partial charge is 0.165 e. The second-order valence-electron chi connectivity index (χ2n) is 27.7. The standard InChI is InChI=1S/C50H29N5.C44H24N4O/c1-3-13-32(14-4-1)53-43-21-11-7-17-34(43)36-25-30(23-24-45(36)53)31-26-39-38-28-37-35-18-8-12-22-44(35)54(33-15-5-2-6-16-33)46(37)29-47(38)55-49(39)40(27-31)48-50(55)52-42-20-10-9-19-41(42)51-48;1-2-10-27(11-3-1)47-37-16-8-4-12-28(37)30-23-31-33-21-26(25-18-19-41-32(20-25)29-13-5-9-17-40(29)49-41)22-34-42-44(46-36-15-7-6-14-35(36)45-42)48(43(33)34)39(31)24-38(30)47/h1-29H;1-24H. The third-order valence-electron chi connectivity index (χ3n) is 22.1. The number of hydrogen-bond acceptors (Lipinski definition) is 5. The van der Waals surface area contributed by atoms with Gasteiger partial charge in [0.05, 0.1) is 77.2 Å². The molecule has 25 rings (SSSR count). The second-order valence-corrected chi connectivity index (χ2v) is 27.7. The number of nitrogens with zero attached hydrogens (tertiary/aromatic N) is 9. The van der Waals surface area contributed by atoms with Crippen LogP contribution in [0.5, 0.6) is 0 Å². The van der Waals surface area contributed by atoms with Crippen molar-refractivity contribution in [2.24, 2.45) is 0 Å². The lowest BCUT2D eigenvalue weighted by atomic mass is 9.98. The van der Waals surface area contributed by atoms with Crippen LogP contribution in [0.4, 0.5) is 0 Å². The first-order valence-electron chi connectivity index (χ1n) is 35.3. The maximum absolute atomic E-state index is 6.19. The largest absolute Gasteiger partial charge is 0.456 e. The molecule has 0 bridgehead atoms. The normalized spacial score (nSPS) is 12.4. The molecule has 0 saturated carbocycles. The maximum Gasteiger partial charge on any atom is 0.165 e. The van der Waals surface area contributed by atoms with Gasteiger partial charge in [-0.3, -0.25) is 8.80 Å². The lowest BCUT2D eigenvalue weighted by Crippen LogP contribution is -1.93. The van der Waals surface area contributed by atoms with Crippen LogP contribution in [-0.4, -0.2) is 42.4 Å². The van der Waals surface area contributed by atoms with E-state index in [1.807, 2.05) is 36.4 Å². The third-order valence-corrected chi connectivity index (χ3v) is 22.1. The number of rotatable bonds is 5. The van der Waals surface area contributed by atoms with Crippen molar-refractivity contribution in [1.29, 1.82) is 0 Å². The van der Waals surface area contributed by atoms with E-state index in [0.29, 0.717) is 0 Å². The zero-order valence-electron chi connectivity index (χ0n) is 55.5. The fourth-order valence-electron chi connectivity index (χ4n) is 17.6. The van der Waals surface area contributed by atoms with Gasteiger partial charge >= 0.3 is 0 Å². The van der Waals surface area contributed by atoms with Gasteiger partial charge in [-0.25, -0.2) is 19.9 Å². The Bertz CT molecular complexity index is 7970. The van der Waals surface area contributed by atoms with Crippen LogP contribution >= 0.6 is 0 Å². The molecule has 15 aromatic carbocycles. The number of benzene rings is 15. The predicted molar refractivity (Wildman–Crippen MR) is 430 cm³/mol. The van der Waals surface area contributed by atoms with Crippen molar-refractivity contribution in [3.63, 3.8) is 0 Å². The minimum absolute atomic E-state index is 0.879. The molecule has 0 aliphatic heterocycles. The number of aromatic nitrogens is 9. The molecule has 0 unspecified atom stereocenters. The van der Waals surface area contributed by atoms with Gasteiger partial charge in [-0.1, -0.05) is 164 Å². The molecule has 0 saturated heterocycles. The highest BCUT2D eigenvalue weighted by Crippen LogP contribution is 2.48. The first kappa shape index (κ1) is 55.6. The monoisotopic (exact) mass is 1320 g/mol. The fraction of sp³-hybridized carbons (Fsp3) is 0. The lowest BCUT2D eigenvalue weighted by Gasteiger charge is -2.09. The van der Waals surface area contributed by atoms with Crippen LogP contribution in [0.1, 0.15) is 0 Å². The van der Waals surface area contributed by atoms with Crippen molar-refractivity contribution in [1.82, 2.24) is 42.4 Å². The first-order chi connectivity index (χ1) is 51.6. The van der Waals surface area contributed by atoms with Crippen molar-refractivity contribution >= 4 is 186 Å². The average molecular weight is 1320 g/mol. The van der Waals surface area contributed by atoms with Crippen LogP contribution in [0.3, 0.4) is 0 Å². The molecule has 0 fully saturated rings. The Balaban J connectivity index is 0.000000125. The summed E-state index contributed by atoms with van der Waals surface area (Å²) in [6.07, 6.45) is 0. The highest BCUT2D eigenvalue weighted by molar-refractivity contribution is 6.29. The SMILES string of the molecule is c1ccc(-n2c3ccccc3c3cc(-c4cc5c6cc7c8ccccc8n(-c8ccccc8)c7cc6n6c7nc8ccccc8nc7c(c4)c56)ccc32)cc1.c1ccc(-n2c3ccccc3c3cc4c5cc(-c6ccc7oc8ccccc8c7c6)cc6c7nc8ccccc8nc7n(c4cc32)c56)cc1. The Kier molecular flexibility index (Phi) is 11.1. The van der Waals surface area contributed by atoms with Crippen molar-refractivity contribution < 1.29 is 4.42 Å². The Morgan fingerprint density at radius 3 is 1.02 bits per heavy atom. The van der Waals surface area contributed by atoms with Crippen LogP contribution in [0.15, 0.2) is 326 Å². The predicted octanol–water partition coefficient (Wildman–Crippen LogP) is 24.1. The van der Waals surface area contributed by atoms with Gasteiger partial charge in [0.25, 0.3) is 0 Å². The summed E-state index contributed by atoms with van der Waals surface area (Å²) in [5, 5.41) is 16.7. The molecule has 10 nitrogen and oxygen atoms in total. The molecular formula is C94H53N9O. The number of furan rings is 1. The summed E-state index contributed by atoms with van der Waals surface area (Å²) in [4.78, 5) is 21.2. The molecule has 0 aliphatic carbocycles. The molecule has 0 aliphatic rings. The van der Waals surface area contributed by atoms with Crippen LogP contribution in [-0.2, 0) is 0 Å². The van der Waals surface area contributed by atoms with Gasteiger partial charge in [0, 0.05) is 92.5 Å². The first-order valence-corrected chi connectivity index (χ1v) is 35.3. The van der Waals surface area contributed by atoms with Crippen molar-refractivity contribution in [3.05, 3.63) is 322 Å². The molecule has 480 valence electrons. The molecule has 0 spiro atoms.